The van der Waals surface area contributed by atoms with Crippen LogP contribution in [0.25, 0.3) is 0 Å². The van der Waals surface area contributed by atoms with Gasteiger partial charge in [0.05, 0.1) is 19.1 Å². The zero-order chi connectivity index (χ0) is 20.6. The molecule has 4 N–H and O–H groups in total. The molecule has 4 rings (SSSR count). The Morgan fingerprint density at radius 2 is 1.79 bits per heavy atom. The number of nitrogens with zero attached hydrogens (tertiary/aromatic N) is 3. The summed E-state index contributed by atoms with van der Waals surface area (Å²) in [5.74, 6) is -0.372. The highest BCUT2D eigenvalue weighted by molar-refractivity contribution is 6.02. The van der Waals surface area contributed by atoms with E-state index in [1.807, 2.05) is 43.3 Å². The van der Waals surface area contributed by atoms with E-state index in [0.29, 0.717) is 5.69 Å². The monoisotopic (exact) mass is 393 g/mol. The number of hydrogen-bond donors (Lipinski definition) is 2. The first-order chi connectivity index (χ1) is 13.9. The maximum Gasteiger partial charge on any atom is 0.239 e. The fraction of sp³-hybridized carbons (Fsp3) is 0.364. The zero-order valence-electron chi connectivity index (χ0n) is 16.8. The van der Waals surface area contributed by atoms with E-state index >= 15 is 0 Å². The van der Waals surface area contributed by atoms with Crippen molar-refractivity contribution in [3.63, 3.8) is 0 Å². The van der Waals surface area contributed by atoms with Crippen LogP contribution in [-0.2, 0) is 15.1 Å². The van der Waals surface area contributed by atoms with Crippen molar-refractivity contribution >= 4 is 23.2 Å². The Morgan fingerprint density at radius 3 is 2.45 bits per heavy atom. The number of nitrogens with two attached hydrogens (primary N) is 2. The first-order valence-corrected chi connectivity index (χ1v) is 9.82. The van der Waals surface area contributed by atoms with E-state index in [0.717, 1.165) is 43.1 Å². The summed E-state index contributed by atoms with van der Waals surface area (Å²) in [6.45, 7) is 5.14. The molecule has 1 fully saturated rings. The number of ether oxygens (including phenoxy) is 1. The van der Waals surface area contributed by atoms with Crippen molar-refractivity contribution in [2.45, 2.75) is 18.4 Å². The molecule has 2 aliphatic rings. The lowest BCUT2D eigenvalue weighted by atomic mass is 9.74. The number of amides is 1. The van der Waals surface area contributed by atoms with Crippen LogP contribution in [0.5, 0.6) is 0 Å². The number of nitrogen functional groups attached to an aromatic ring is 1. The molecular formula is C22H27N5O2. The molecule has 152 valence electrons. The second-order valence-corrected chi connectivity index (χ2v) is 7.76. The van der Waals surface area contributed by atoms with Gasteiger partial charge in [-0.05, 0) is 42.3 Å². The highest BCUT2D eigenvalue weighted by atomic mass is 16.5. The van der Waals surface area contributed by atoms with Crippen molar-refractivity contribution in [3.05, 3.63) is 59.7 Å². The Balaban J connectivity index is 1.75. The molecule has 2 aromatic rings. The van der Waals surface area contributed by atoms with Crippen molar-refractivity contribution in [3.8, 4) is 0 Å². The molecule has 0 unspecified atom stereocenters. The molecule has 0 saturated carbocycles. The van der Waals surface area contributed by atoms with Crippen LogP contribution in [0.1, 0.15) is 24.0 Å². The van der Waals surface area contributed by atoms with Gasteiger partial charge in [0, 0.05) is 31.5 Å². The van der Waals surface area contributed by atoms with Crippen LogP contribution in [-0.4, -0.2) is 50.1 Å². The number of hydrogen-bond acceptors (Lipinski definition) is 6. The van der Waals surface area contributed by atoms with Crippen LogP contribution >= 0.6 is 0 Å². The van der Waals surface area contributed by atoms with E-state index in [-0.39, 0.29) is 11.9 Å². The lowest BCUT2D eigenvalue weighted by Crippen LogP contribution is -2.52. The summed E-state index contributed by atoms with van der Waals surface area (Å²) in [6.07, 6.45) is 0. The van der Waals surface area contributed by atoms with Crippen molar-refractivity contribution in [2.24, 2.45) is 10.7 Å². The van der Waals surface area contributed by atoms with Gasteiger partial charge >= 0.3 is 0 Å². The summed E-state index contributed by atoms with van der Waals surface area (Å²) in [7, 11) is 1.66. The molecule has 7 heteroatoms. The van der Waals surface area contributed by atoms with Crippen molar-refractivity contribution in [2.75, 3.05) is 44.0 Å². The number of anilines is 2. The average molecular weight is 393 g/mol. The molecule has 0 aromatic heterocycles. The van der Waals surface area contributed by atoms with E-state index in [4.69, 9.17) is 21.2 Å². The first-order valence-electron chi connectivity index (χ1n) is 9.82. The number of aliphatic imine (C=N–C) groups is 1. The average Bonchev–Trinajstić information content (AvgIpc) is 2.73. The number of carbonyl (C=O) groups excluding carboxylic acids is 1. The molecule has 0 aliphatic carbocycles. The zero-order valence-corrected chi connectivity index (χ0v) is 16.8. The quantitative estimate of drug-likeness (QED) is 0.776. The predicted octanol–water partition coefficient (Wildman–Crippen LogP) is 1.89. The third-order valence-corrected chi connectivity index (χ3v) is 5.90. The molecule has 1 saturated heterocycles. The predicted molar refractivity (Wildman–Crippen MR) is 115 cm³/mol. The van der Waals surface area contributed by atoms with Crippen molar-refractivity contribution in [1.82, 2.24) is 4.90 Å². The number of rotatable bonds is 3. The van der Waals surface area contributed by atoms with Gasteiger partial charge in [0.2, 0.25) is 5.91 Å². The summed E-state index contributed by atoms with van der Waals surface area (Å²) >= 11 is 0. The van der Waals surface area contributed by atoms with Crippen LogP contribution < -0.4 is 16.4 Å². The maximum absolute atomic E-state index is 13.3. The van der Waals surface area contributed by atoms with Crippen molar-refractivity contribution < 1.29 is 9.53 Å². The Hall–Kier alpha value is -3.06. The molecule has 2 aromatic carbocycles. The Morgan fingerprint density at radius 1 is 1.10 bits per heavy atom. The summed E-state index contributed by atoms with van der Waals surface area (Å²) < 4.78 is 5.43. The van der Waals surface area contributed by atoms with Gasteiger partial charge in [-0.25, -0.2) is 4.99 Å². The fourth-order valence-electron chi connectivity index (χ4n) is 4.18. The van der Waals surface area contributed by atoms with Crippen molar-refractivity contribution in [1.29, 1.82) is 0 Å². The first kappa shape index (κ1) is 19.3. The number of guanidine groups is 1. The topological polar surface area (TPSA) is 97.2 Å². The van der Waals surface area contributed by atoms with Gasteiger partial charge in [-0.1, -0.05) is 24.3 Å². The summed E-state index contributed by atoms with van der Waals surface area (Å²) in [5.41, 5.74) is 14.8. The van der Waals surface area contributed by atoms with E-state index < -0.39 is 11.5 Å². The summed E-state index contributed by atoms with van der Waals surface area (Å²) in [5, 5.41) is 0. The largest absolute Gasteiger partial charge is 0.399 e. The molecular weight excluding hydrogens is 366 g/mol. The second kappa shape index (κ2) is 7.40. The van der Waals surface area contributed by atoms with E-state index in [2.05, 4.69) is 17.0 Å². The van der Waals surface area contributed by atoms with Gasteiger partial charge < -0.3 is 21.1 Å². The minimum atomic E-state index is -0.844. The molecule has 7 nitrogen and oxygen atoms in total. The highest BCUT2D eigenvalue weighted by Gasteiger charge is 2.47. The lowest BCUT2D eigenvalue weighted by molar-refractivity contribution is -0.130. The molecule has 0 radical (unpaired) electrons. The molecule has 29 heavy (non-hydrogen) atoms. The van der Waals surface area contributed by atoms with E-state index in [1.165, 1.54) is 4.90 Å². The molecule has 0 bridgehead atoms. The normalized spacial score (nSPS) is 25.1. The summed E-state index contributed by atoms with van der Waals surface area (Å²) in [4.78, 5) is 21.8. The van der Waals surface area contributed by atoms with Gasteiger partial charge in [0.25, 0.3) is 0 Å². The molecule has 0 spiro atoms. The minimum Gasteiger partial charge on any atom is -0.399 e. The Kier molecular flexibility index (Phi) is 4.92. The minimum absolute atomic E-state index is 0.0819. The van der Waals surface area contributed by atoms with Gasteiger partial charge in [0.1, 0.15) is 5.54 Å². The Bertz CT molecular complexity index is 936. The lowest BCUT2D eigenvalue weighted by Gasteiger charge is -2.41. The van der Waals surface area contributed by atoms with E-state index in [1.54, 1.807) is 7.05 Å². The molecule has 2 atom stereocenters. The fourth-order valence-corrected chi connectivity index (χ4v) is 4.18. The summed E-state index contributed by atoms with van der Waals surface area (Å²) in [6, 6.07) is 15.7. The maximum atomic E-state index is 13.3. The van der Waals surface area contributed by atoms with Crippen LogP contribution in [0.15, 0.2) is 53.5 Å². The second-order valence-electron chi connectivity index (χ2n) is 7.76. The van der Waals surface area contributed by atoms with Gasteiger partial charge in [-0.3, -0.25) is 9.69 Å². The van der Waals surface area contributed by atoms with Crippen LogP contribution in [0.3, 0.4) is 0 Å². The third-order valence-electron chi connectivity index (χ3n) is 5.90. The van der Waals surface area contributed by atoms with E-state index in [9.17, 15) is 4.79 Å². The number of morpholine rings is 1. The van der Waals surface area contributed by atoms with Crippen LogP contribution in [0, 0.1) is 0 Å². The van der Waals surface area contributed by atoms with Gasteiger partial charge in [0.15, 0.2) is 5.96 Å². The number of carbonyl (C=O) groups is 1. The molecule has 2 aliphatic heterocycles. The highest BCUT2D eigenvalue weighted by Crippen LogP contribution is 2.44. The molecule has 1 amide bonds. The SMILES string of the molecule is CN1C(=O)[C@H](c2ccc(N3CCOCC3)cc2)[C@@](C)(c2cccc(N)c2)N=C1N. The molecule has 2 heterocycles. The van der Waals surface area contributed by atoms with Crippen LogP contribution in [0.2, 0.25) is 0 Å². The smallest absolute Gasteiger partial charge is 0.239 e. The van der Waals surface area contributed by atoms with Gasteiger partial charge in [-0.2, -0.15) is 0 Å². The van der Waals surface area contributed by atoms with Gasteiger partial charge in [-0.15, -0.1) is 0 Å². The standard InChI is InChI=1S/C22H27N5O2/c1-22(16-4-3-5-17(23)14-16)19(20(28)26(2)21(24)25-22)15-6-8-18(9-7-15)27-10-12-29-13-11-27/h3-9,14,19H,10-13,23H2,1-2H3,(H2,24,25)/t19-,22+/m0/s1. The number of benzene rings is 2. The Labute approximate surface area is 170 Å². The third kappa shape index (κ3) is 3.42. The van der Waals surface area contributed by atoms with Crippen LogP contribution in [0.4, 0.5) is 11.4 Å². The number of likely N-dealkylation sites (N-methyl/N-ethyl adjacent to an activating group) is 1.